The van der Waals surface area contributed by atoms with Gasteiger partial charge >= 0.3 is 12.1 Å². The highest BCUT2D eigenvalue weighted by molar-refractivity contribution is 5.73. The molecule has 0 spiro atoms. The molecule has 0 aromatic rings. The summed E-state index contributed by atoms with van der Waals surface area (Å²) in [5.41, 5.74) is 1.96. The SMILES string of the molecule is COC(=O)NO[C@H](CC1CCCCC1)C(=O)O. The van der Waals surface area contributed by atoms with Crippen molar-refractivity contribution in [2.75, 3.05) is 7.11 Å². The molecule has 0 aromatic carbocycles. The molecule has 98 valence electrons. The number of nitrogens with one attached hydrogen (secondary N) is 1. The Bertz CT molecular complexity index is 263. The van der Waals surface area contributed by atoms with E-state index in [4.69, 9.17) is 9.94 Å². The number of carboxylic acid groups (broad SMARTS) is 1. The number of rotatable bonds is 5. The normalized spacial score (nSPS) is 18.4. The zero-order valence-corrected chi connectivity index (χ0v) is 9.98. The summed E-state index contributed by atoms with van der Waals surface area (Å²) < 4.78 is 4.30. The van der Waals surface area contributed by atoms with E-state index in [1.54, 1.807) is 0 Å². The van der Waals surface area contributed by atoms with E-state index in [0.29, 0.717) is 12.3 Å². The Labute approximate surface area is 100 Å². The maximum absolute atomic E-state index is 11.0. The number of carboxylic acids is 1. The van der Waals surface area contributed by atoms with E-state index in [0.717, 1.165) is 25.7 Å². The Hall–Kier alpha value is -1.30. The van der Waals surface area contributed by atoms with Gasteiger partial charge in [0, 0.05) is 0 Å². The van der Waals surface area contributed by atoms with Gasteiger partial charge in [0.05, 0.1) is 7.11 Å². The zero-order valence-electron chi connectivity index (χ0n) is 9.98. The number of hydroxylamine groups is 1. The lowest BCUT2D eigenvalue weighted by atomic mass is 9.85. The zero-order chi connectivity index (χ0) is 12.7. The Morgan fingerprint density at radius 2 is 2.00 bits per heavy atom. The first-order chi connectivity index (χ1) is 8.13. The molecule has 1 aliphatic rings. The van der Waals surface area contributed by atoms with Crippen molar-refractivity contribution in [3.05, 3.63) is 0 Å². The van der Waals surface area contributed by atoms with Crippen molar-refractivity contribution >= 4 is 12.1 Å². The van der Waals surface area contributed by atoms with E-state index >= 15 is 0 Å². The fourth-order valence-corrected chi connectivity index (χ4v) is 2.09. The van der Waals surface area contributed by atoms with Gasteiger partial charge in [-0.05, 0) is 12.3 Å². The highest BCUT2D eigenvalue weighted by Crippen LogP contribution is 2.27. The van der Waals surface area contributed by atoms with Gasteiger partial charge in [0.15, 0.2) is 6.10 Å². The maximum atomic E-state index is 11.0. The lowest BCUT2D eigenvalue weighted by Crippen LogP contribution is -2.35. The van der Waals surface area contributed by atoms with E-state index in [1.165, 1.54) is 13.5 Å². The number of carbonyl (C=O) groups excluding carboxylic acids is 1. The summed E-state index contributed by atoms with van der Waals surface area (Å²) in [5, 5.41) is 8.97. The topological polar surface area (TPSA) is 84.9 Å². The van der Waals surface area contributed by atoms with Crippen molar-refractivity contribution < 1.29 is 24.3 Å². The van der Waals surface area contributed by atoms with Gasteiger partial charge < -0.3 is 9.84 Å². The maximum Gasteiger partial charge on any atom is 0.431 e. The van der Waals surface area contributed by atoms with Crippen LogP contribution < -0.4 is 5.48 Å². The Morgan fingerprint density at radius 1 is 1.35 bits per heavy atom. The van der Waals surface area contributed by atoms with Crippen molar-refractivity contribution in [1.82, 2.24) is 5.48 Å². The molecule has 1 fully saturated rings. The molecule has 0 saturated heterocycles. The average Bonchev–Trinajstić information content (AvgIpc) is 2.34. The monoisotopic (exact) mass is 245 g/mol. The van der Waals surface area contributed by atoms with E-state index in [9.17, 15) is 9.59 Å². The van der Waals surface area contributed by atoms with Crippen LogP contribution in [0.2, 0.25) is 0 Å². The first-order valence-corrected chi connectivity index (χ1v) is 5.86. The van der Waals surface area contributed by atoms with E-state index in [-0.39, 0.29) is 0 Å². The lowest BCUT2D eigenvalue weighted by molar-refractivity contribution is -0.156. The molecule has 17 heavy (non-hydrogen) atoms. The number of ether oxygens (including phenoxy) is 1. The number of carbonyl (C=O) groups is 2. The van der Waals surface area contributed by atoms with Crippen LogP contribution in [0.4, 0.5) is 4.79 Å². The van der Waals surface area contributed by atoms with Crippen LogP contribution in [-0.2, 0) is 14.4 Å². The van der Waals surface area contributed by atoms with Crippen LogP contribution >= 0.6 is 0 Å². The summed E-state index contributed by atoms with van der Waals surface area (Å²) in [4.78, 5) is 26.6. The van der Waals surface area contributed by atoms with Gasteiger partial charge in [-0.2, -0.15) is 5.48 Å². The molecule has 6 heteroatoms. The number of hydrogen-bond donors (Lipinski definition) is 2. The van der Waals surface area contributed by atoms with Crippen LogP contribution in [0.25, 0.3) is 0 Å². The van der Waals surface area contributed by atoms with Crippen molar-refractivity contribution in [2.45, 2.75) is 44.6 Å². The molecule has 0 heterocycles. The first kappa shape index (κ1) is 13.8. The fraction of sp³-hybridized carbons (Fsp3) is 0.818. The molecule has 6 nitrogen and oxygen atoms in total. The quantitative estimate of drug-likeness (QED) is 0.720. The van der Waals surface area contributed by atoms with Gasteiger partial charge in [0.25, 0.3) is 0 Å². The van der Waals surface area contributed by atoms with E-state index in [1.807, 2.05) is 5.48 Å². The minimum Gasteiger partial charge on any atom is -0.479 e. The molecule has 0 aromatic heterocycles. The van der Waals surface area contributed by atoms with E-state index in [2.05, 4.69) is 4.74 Å². The van der Waals surface area contributed by atoms with Crippen LogP contribution in [0.5, 0.6) is 0 Å². The Balaban J connectivity index is 2.36. The molecule has 1 amide bonds. The van der Waals surface area contributed by atoms with Gasteiger partial charge in [-0.25, -0.2) is 9.59 Å². The molecule has 0 unspecified atom stereocenters. The second kappa shape index (κ2) is 7.11. The summed E-state index contributed by atoms with van der Waals surface area (Å²) >= 11 is 0. The Morgan fingerprint density at radius 3 is 2.53 bits per heavy atom. The van der Waals surface area contributed by atoms with Crippen LogP contribution in [0.3, 0.4) is 0 Å². The average molecular weight is 245 g/mol. The molecule has 1 aliphatic carbocycles. The third-order valence-electron chi connectivity index (χ3n) is 3.02. The summed E-state index contributed by atoms with van der Waals surface area (Å²) in [5.74, 6) is -0.698. The van der Waals surface area contributed by atoms with Crippen LogP contribution in [0.1, 0.15) is 38.5 Å². The van der Waals surface area contributed by atoms with Gasteiger partial charge in [0.1, 0.15) is 0 Å². The highest BCUT2D eigenvalue weighted by Gasteiger charge is 2.25. The molecule has 0 bridgehead atoms. The molecular formula is C11H19NO5. The lowest BCUT2D eigenvalue weighted by Gasteiger charge is -2.24. The number of hydrogen-bond acceptors (Lipinski definition) is 4. The highest BCUT2D eigenvalue weighted by atomic mass is 16.7. The Kier molecular flexibility index (Phi) is 5.76. The van der Waals surface area contributed by atoms with Crippen LogP contribution in [0, 0.1) is 5.92 Å². The summed E-state index contributed by atoms with van der Waals surface area (Å²) in [6, 6.07) is 0. The van der Waals surface area contributed by atoms with Crippen molar-refractivity contribution in [1.29, 1.82) is 0 Å². The second-order valence-corrected chi connectivity index (χ2v) is 4.28. The van der Waals surface area contributed by atoms with Crippen molar-refractivity contribution in [3.8, 4) is 0 Å². The van der Waals surface area contributed by atoms with Gasteiger partial charge in [-0.3, -0.25) is 4.84 Å². The predicted molar refractivity (Wildman–Crippen MR) is 59.2 cm³/mol. The second-order valence-electron chi connectivity index (χ2n) is 4.28. The number of methoxy groups -OCH3 is 1. The van der Waals surface area contributed by atoms with Crippen molar-refractivity contribution in [3.63, 3.8) is 0 Å². The third kappa shape index (κ3) is 5.04. The summed E-state index contributed by atoms with van der Waals surface area (Å²) in [6.07, 6.45) is 4.20. The summed E-state index contributed by atoms with van der Waals surface area (Å²) in [6.45, 7) is 0. The first-order valence-electron chi connectivity index (χ1n) is 5.86. The molecule has 2 N–H and O–H groups in total. The molecule has 0 aliphatic heterocycles. The molecular weight excluding hydrogens is 226 g/mol. The van der Waals surface area contributed by atoms with Crippen molar-refractivity contribution in [2.24, 2.45) is 5.92 Å². The largest absolute Gasteiger partial charge is 0.479 e. The molecule has 1 atom stereocenters. The summed E-state index contributed by atoms with van der Waals surface area (Å²) in [7, 11) is 1.19. The predicted octanol–water partition coefficient (Wildman–Crippen LogP) is 1.70. The van der Waals surface area contributed by atoms with Gasteiger partial charge in [-0.15, -0.1) is 0 Å². The third-order valence-corrected chi connectivity index (χ3v) is 3.02. The minimum atomic E-state index is -1.06. The minimum absolute atomic E-state index is 0.365. The van der Waals surface area contributed by atoms with Crippen LogP contribution in [-0.4, -0.2) is 30.4 Å². The molecule has 1 rings (SSSR count). The number of amides is 1. The molecule has 0 radical (unpaired) electrons. The van der Waals surface area contributed by atoms with Gasteiger partial charge in [0.2, 0.25) is 0 Å². The van der Waals surface area contributed by atoms with E-state index < -0.39 is 18.2 Å². The molecule has 1 saturated carbocycles. The fourth-order valence-electron chi connectivity index (χ4n) is 2.09. The van der Waals surface area contributed by atoms with Crippen LogP contribution in [0.15, 0.2) is 0 Å². The standard InChI is InChI=1S/C11H19NO5/c1-16-11(15)12-17-9(10(13)14)7-8-5-3-2-4-6-8/h8-9H,2-7H2,1H3,(H,12,15)(H,13,14)/t9-/m1/s1. The smallest absolute Gasteiger partial charge is 0.431 e. The number of aliphatic carboxylic acids is 1. The van der Waals surface area contributed by atoms with Gasteiger partial charge in [-0.1, -0.05) is 32.1 Å².